The van der Waals surface area contributed by atoms with Crippen molar-refractivity contribution in [3.63, 3.8) is 0 Å². The second kappa shape index (κ2) is 1.65. The number of nitrogen functional groups attached to an aromatic ring is 1. The van der Waals surface area contributed by atoms with Crippen LogP contribution in [-0.4, -0.2) is 0 Å². The summed E-state index contributed by atoms with van der Waals surface area (Å²) in [6, 6.07) is 10.1. The van der Waals surface area contributed by atoms with Gasteiger partial charge >= 0.3 is 1.43 Å². The molecular formula is C6H7N+. The summed E-state index contributed by atoms with van der Waals surface area (Å²) in [5.74, 6) is 0. The fourth-order valence-corrected chi connectivity index (χ4v) is 0.407. The van der Waals surface area contributed by atoms with Gasteiger partial charge in [-0.1, -0.05) is 12.1 Å². The Labute approximate surface area is 44.3 Å². The van der Waals surface area contributed by atoms with Crippen LogP contribution in [0.15, 0.2) is 24.3 Å². The third kappa shape index (κ3) is 0.929. The van der Waals surface area contributed by atoms with Crippen molar-refractivity contribution >= 4 is 5.69 Å². The van der Waals surface area contributed by atoms with Crippen LogP contribution < -0.4 is 5.73 Å². The molecule has 1 aromatic rings. The fourth-order valence-electron chi connectivity index (χ4n) is 0.407. The fraction of sp³-hybridized carbons (Fsp3) is 0. The minimum absolute atomic E-state index is 0. The van der Waals surface area contributed by atoms with Crippen molar-refractivity contribution in [3.05, 3.63) is 30.3 Å². The Hall–Kier alpha value is -0.980. The quantitative estimate of drug-likeness (QED) is 0.479. The van der Waals surface area contributed by atoms with Gasteiger partial charge in [0.25, 0.3) is 0 Å². The highest BCUT2D eigenvalue weighted by Gasteiger charge is 1.72. The molecule has 1 rings (SSSR count). The van der Waals surface area contributed by atoms with Gasteiger partial charge in [0.05, 0.1) is 0 Å². The van der Waals surface area contributed by atoms with Gasteiger partial charge in [0.2, 0.25) is 0 Å². The SMILES string of the molecule is Nc1c[c]ccc1.[H+]. The third-order valence-corrected chi connectivity index (χ3v) is 0.731. The second-order valence-corrected chi connectivity index (χ2v) is 1.34. The lowest BCUT2D eigenvalue weighted by Crippen LogP contribution is -1.79. The highest BCUT2D eigenvalue weighted by atomic mass is 14.5. The highest BCUT2D eigenvalue weighted by molar-refractivity contribution is 5.35. The van der Waals surface area contributed by atoms with E-state index < -0.39 is 0 Å². The van der Waals surface area contributed by atoms with E-state index in [1.54, 1.807) is 6.07 Å². The lowest BCUT2D eigenvalue weighted by atomic mass is 10.3. The van der Waals surface area contributed by atoms with Crippen molar-refractivity contribution in [1.29, 1.82) is 0 Å². The summed E-state index contributed by atoms with van der Waals surface area (Å²) in [5, 5.41) is 0. The average Bonchev–Trinajstić information content (AvgIpc) is 1.69. The van der Waals surface area contributed by atoms with Crippen molar-refractivity contribution in [2.75, 3.05) is 5.73 Å². The molecule has 1 aromatic carbocycles. The molecule has 0 spiro atoms. The van der Waals surface area contributed by atoms with Gasteiger partial charge in [0.1, 0.15) is 0 Å². The van der Waals surface area contributed by atoms with Crippen LogP contribution in [-0.2, 0) is 0 Å². The molecular weight excluding hydrogens is 86.1 g/mol. The topological polar surface area (TPSA) is 26.0 Å². The van der Waals surface area contributed by atoms with Crippen LogP contribution in [0.2, 0.25) is 0 Å². The van der Waals surface area contributed by atoms with Crippen LogP contribution >= 0.6 is 0 Å². The molecule has 2 N–H and O–H groups in total. The molecule has 0 aliphatic heterocycles. The minimum atomic E-state index is 0. The molecule has 0 aliphatic rings. The molecule has 0 saturated heterocycles. The van der Waals surface area contributed by atoms with Crippen molar-refractivity contribution in [2.45, 2.75) is 0 Å². The molecule has 0 saturated carbocycles. The predicted octanol–water partition coefficient (Wildman–Crippen LogP) is 1.18. The Morgan fingerprint density at radius 1 is 1.71 bits per heavy atom. The standard InChI is InChI=1S/C6H6N/c7-6-4-2-1-3-5-6/h1-2,4-5H,7H2/p+1. The lowest BCUT2D eigenvalue weighted by Gasteiger charge is -1.83. The Bertz CT molecular complexity index is 138. The first kappa shape index (κ1) is 4.19. The molecule has 1 heteroatoms. The van der Waals surface area contributed by atoms with Crippen LogP contribution in [0, 0.1) is 6.07 Å². The zero-order valence-corrected chi connectivity index (χ0v) is 3.89. The van der Waals surface area contributed by atoms with E-state index >= 15 is 0 Å². The van der Waals surface area contributed by atoms with Gasteiger partial charge in [-0.05, 0) is 18.2 Å². The summed E-state index contributed by atoms with van der Waals surface area (Å²) < 4.78 is 0. The maximum absolute atomic E-state index is 5.33. The smallest absolute Gasteiger partial charge is 0.399 e. The van der Waals surface area contributed by atoms with Crippen LogP contribution in [0.5, 0.6) is 0 Å². The molecule has 0 atom stereocenters. The van der Waals surface area contributed by atoms with E-state index in [2.05, 4.69) is 6.07 Å². The Balaban J connectivity index is 0.000000490. The van der Waals surface area contributed by atoms with Crippen LogP contribution in [0.3, 0.4) is 0 Å². The minimum Gasteiger partial charge on any atom is -0.399 e. The zero-order valence-electron chi connectivity index (χ0n) is 4.89. The van der Waals surface area contributed by atoms with Crippen LogP contribution in [0.4, 0.5) is 5.69 Å². The maximum Gasteiger partial charge on any atom is 1.00 e. The van der Waals surface area contributed by atoms with Gasteiger partial charge in [-0.15, -0.1) is 0 Å². The van der Waals surface area contributed by atoms with Gasteiger partial charge in [0.15, 0.2) is 0 Å². The summed E-state index contributed by atoms with van der Waals surface area (Å²) >= 11 is 0. The summed E-state index contributed by atoms with van der Waals surface area (Å²) in [4.78, 5) is 0. The first-order valence-corrected chi connectivity index (χ1v) is 2.11. The summed E-state index contributed by atoms with van der Waals surface area (Å²) in [6.07, 6.45) is 0. The van der Waals surface area contributed by atoms with Gasteiger partial charge < -0.3 is 5.73 Å². The number of hydrogen-bond acceptors (Lipinski definition) is 1. The van der Waals surface area contributed by atoms with Gasteiger partial charge in [-0.3, -0.25) is 0 Å². The van der Waals surface area contributed by atoms with Crippen LogP contribution in [0.25, 0.3) is 0 Å². The molecule has 0 aromatic heterocycles. The molecule has 0 amide bonds. The summed E-state index contributed by atoms with van der Waals surface area (Å²) in [7, 11) is 0. The largest absolute Gasteiger partial charge is 1.00 e. The average molecular weight is 93.1 g/mol. The zero-order chi connectivity index (χ0) is 5.11. The first-order valence-electron chi connectivity index (χ1n) is 2.11. The van der Waals surface area contributed by atoms with E-state index in [1.807, 2.05) is 18.2 Å². The van der Waals surface area contributed by atoms with Crippen molar-refractivity contribution in [3.8, 4) is 0 Å². The Morgan fingerprint density at radius 2 is 2.57 bits per heavy atom. The normalized spacial score (nSPS) is 8.57. The van der Waals surface area contributed by atoms with Crippen molar-refractivity contribution in [1.82, 2.24) is 0 Å². The lowest BCUT2D eigenvalue weighted by molar-refractivity contribution is 1.67. The Morgan fingerprint density at radius 3 is 2.86 bits per heavy atom. The molecule has 0 unspecified atom stereocenters. The summed E-state index contributed by atoms with van der Waals surface area (Å²) in [5.41, 5.74) is 6.09. The van der Waals surface area contributed by atoms with E-state index in [0.29, 0.717) is 0 Å². The van der Waals surface area contributed by atoms with E-state index in [4.69, 9.17) is 5.73 Å². The predicted molar refractivity (Wildman–Crippen MR) is 30.8 cm³/mol. The Kier molecular flexibility index (Phi) is 0.984. The highest BCUT2D eigenvalue weighted by Crippen LogP contribution is 1.95. The van der Waals surface area contributed by atoms with E-state index in [9.17, 15) is 0 Å². The van der Waals surface area contributed by atoms with Gasteiger partial charge in [0, 0.05) is 5.69 Å². The first-order chi connectivity index (χ1) is 3.39. The van der Waals surface area contributed by atoms with Gasteiger partial charge in [-0.25, -0.2) is 0 Å². The van der Waals surface area contributed by atoms with Crippen molar-refractivity contribution < 1.29 is 1.43 Å². The maximum atomic E-state index is 5.33. The molecule has 0 bridgehead atoms. The number of anilines is 1. The molecule has 1 radical (unpaired) electrons. The molecule has 1 nitrogen and oxygen atoms in total. The van der Waals surface area contributed by atoms with Crippen LogP contribution in [0.1, 0.15) is 1.43 Å². The number of rotatable bonds is 0. The molecule has 35 valence electrons. The van der Waals surface area contributed by atoms with E-state index in [1.165, 1.54) is 0 Å². The summed E-state index contributed by atoms with van der Waals surface area (Å²) in [6.45, 7) is 0. The molecule has 0 aliphatic carbocycles. The van der Waals surface area contributed by atoms with E-state index in [0.717, 1.165) is 5.69 Å². The van der Waals surface area contributed by atoms with Gasteiger partial charge in [-0.2, -0.15) is 0 Å². The number of nitrogens with two attached hydrogens (primary N) is 1. The second-order valence-electron chi connectivity index (χ2n) is 1.34. The van der Waals surface area contributed by atoms with E-state index in [-0.39, 0.29) is 1.43 Å². The molecule has 0 fully saturated rings. The third-order valence-electron chi connectivity index (χ3n) is 0.731. The molecule has 0 heterocycles. The number of benzene rings is 1. The number of hydrogen-bond donors (Lipinski definition) is 1. The van der Waals surface area contributed by atoms with Crippen molar-refractivity contribution in [2.24, 2.45) is 0 Å². The monoisotopic (exact) mass is 93.1 g/mol. The molecule has 7 heavy (non-hydrogen) atoms.